The second-order valence-electron chi connectivity index (χ2n) is 4.34. The van der Waals surface area contributed by atoms with E-state index in [9.17, 15) is 4.79 Å². The Bertz CT molecular complexity index is 530. The maximum Gasteiger partial charge on any atom is 0.464 e. The van der Waals surface area contributed by atoms with Crippen LogP contribution in [0.2, 0.25) is 0 Å². The van der Waals surface area contributed by atoms with Gasteiger partial charge in [0.25, 0.3) is 0 Å². The first kappa shape index (κ1) is 14.4. The number of ether oxygens (including phenoxy) is 4. The lowest BCUT2D eigenvalue weighted by Crippen LogP contribution is -2.39. The van der Waals surface area contributed by atoms with Crippen molar-refractivity contribution in [3.63, 3.8) is 0 Å². The lowest BCUT2D eigenvalue weighted by Gasteiger charge is -2.26. The number of methoxy groups -OCH3 is 2. The predicted molar refractivity (Wildman–Crippen MR) is 67.8 cm³/mol. The van der Waals surface area contributed by atoms with Crippen LogP contribution in [0.1, 0.15) is 19.4 Å². The molecule has 0 aliphatic carbocycles. The van der Waals surface area contributed by atoms with Crippen molar-refractivity contribution in [1.82, 2.24) is 0 Å². The standard InChI is InChI=1S/C13H16N2O5/c1-9(16)19-13(18-4)15-14-12(2,20-13)10-5-7-11(17-3)8-6-10/h5-8H,1-4H3. The van der Waals surface area contributed by atoms with E-state index in [1.807, 2.05) is 0 Å². The number of azo groups is 1. The van der Waals surface area contributed by atoms with Crippen molar-refractivity contribution in [3.05, 3.63) is 29.8 Å². The van der Waals surface area contributed by atoms with Crippen LogP contribution in [0.4, 0.5) is 0 Å². The maximum atomic E-state index is 11.1. The molecule has 0 saturated carbocycles. The molecule has 1 aliphatic heterocycles. The third-order valence-electron chi connectivity index (χ3n) is 2.85. The molecule has 0 spiro atoms. The fourth-order valence-corrected chi connectivity index (χ4v) is 1.81. The first-order valence-electron chi connectivity index (χ1n) is 5.96. The number of hydrogen-bond donors (Lipinski definition) is 0. The molecule has 0 amide bonds. The van der Waals surface area contributed by atoms with Crippen molar-refractivity contribution in [2.45, 2.75) is 25.7 Å². The molecule has 1 aromatic rings. The Morgan fingerprint density at radius 3 is 2.35 bits per heavy atom. The Hall–Kier alpha value is -1.99. The Labute approximate surface area is 116 Å². The van der Waals surface area contributed by atoms with Crippen molar-refractivity contribution in [2.75, 3.05) is 14.2 Å². The maximum absolute atomic E-state index is 11.1. The van der Waals surface area contributed by atoms with Crippen LogP contribution in [0.5, 0.6) is 5.75 Å². The second-order valence-corrected chi connectivity index (χ2v) is 4.34. The van der Waals surface area contributed by atoms with Crippen LogP contribution in [0, 0.1) is 0 Å². The summed E-state index contributed by atoms with van der Waals surface area (Å²) in [4.78, 5) is 11.1. The van der Waals surface area contributed by atoms with E-state index in [0.717, 1.165) is 5.56 Å². The van der Waals surface area contributed by atoms with Gasteiger partial charge in [0, 0.05) is 19.6 Å². The summed E-state index contributed by atoms with van der Waals surface area (Å²) >= 11 is 0. The minimum atomic E-state index is -1.83. The Kier molecular flexibility index (Phi) is 3.74. The van der Waals surface area contributed by atoms with Gasteiger partial charge in [0.05, 0.1) is 7.11 Å². The van der Waals surface area contributed by atoms with Crippen molar-refractivity contribution in [3.8, 4) is 5.75 Å². The first-order valence-corrected chi connectivity index (χ1v) is 5.96. The molecule has 20 heavy (non-hydrogen) atoms. The fraction of sp³-hybridized carbons (Fsp3) is 0.462. The molecule has 1 heterocycles. The average Bonchev–Trinajstić information content (AvgIpc) is 2.77. The summed E-state index contributed by atoms with van der Waals surface area (Å²) in [5, 5.41) is 7.83. The predicted octanol–water partition coefficient (Wildman–Crippen LogP) is 2.17. The molecule has 0 radical (unpaired) electrons. The molecule has 0 aromatic heterocycles. The minimum absolute atomic E-state index is 0.579. The summed E-state index contributed by atoms with van der Waals surface area (Å²) in [7, 11) is 2.90. The number of esters is 1. The molecular weight excluding hydrogens is 264 g/mol. The van der Waals surface area contributed by atoms with Crippen molar-refractivity contribution < 1.29 is 23.7 Å². The number of nitrogens with zero attached hydrogens (tertiary/aromatic N) is 2. The highest BCUT2D eigenvalue weighted by atomic mass is 16.9. The number of carbonyl (C=O) groups is 1. The normalized spacial score (nSPS) is 28.4. The first-order chi connectivity index (χ1) is 9.43. The number of benzene rings is 1. The SMILES string of the molecule is COc1ccc(C2(C)N=NC(OC)(OC(C)=O)O2)cc1. The second kappa shape index (κ2) is 5.18. The van der Waals surface area contributed by atoms with Gasteiger partial charge in [-0.2, -0.15) is 0 Å². The van der Waals surface area contributed by atoms with E-state index in [1.165, 1.54) is 14.0 Å². The number of rotatable bonds is 4. The highest BCUT2D eigenvalue weighted by Gasteiger charge is 2.50. The van der Waals surface area contributed by atoms with Crippen molar-refractivity contribution in [1.29, 1.82) is 0 Å². The quantitative estimate of drug-likeness (QED) is 0.624. The Balaban J connectivity index is 2.24. The third kappa shape index (κ3) is 2.63. The Morgan fingerprint density at radius 2 is 1.85 bits per heavy atom. The van der Waals surface area contributed by atoms with Crippen LogP contribution in [0.3, 0.4) is 0 Å². The van der Waals surface area contributed by atoms with Gasteiger partial charge in [-0.3, -0.25) is 14.3 Å². The van der Waals surface area contributed by atoms with Crippen molar-refractivity contribution in [2.24, 2.45) is 10.2 Å². The van der Waals surface area contributed by atoms with Gasteiger partial charge < -0.3 is 9.47 Å². The minimum Gasteiger partial charge on any atom is -0.497 e. The van der Waals surface area contributed by atoms with Gasteiger partial charge in [-0.25, -0.2) is 0 Å². The molecule has 2 atom stereocenters. The van der Waals surface area contributed by atoms with Crippen molar-refractivity contribution >= 4 is 5.97 Å². The van der Waals surface area contributed by atoms with Gasteiger partial charge in [-0.15, -0.1) is 5.11 Å². The van der Waals surface area contributed by atoms with Crippen LogP contribution in [0.25, 0.3) is 0 Å². The zero-order chi connectivity index (χ0) is 14.8. The summed E-state index contributed by atoms with van der Waals surface area (Å²) in [5.74, 6) is 0.134. The Morgan fingerprint density at radius 1 is 1.20 bits per heavy atom. The van der Waals surface area contributed by atoms with Gasteiger partial charge in [0.2, 0.25) is 5.72 Å². The number of hydrogen-bond acceptors (Lipinski definition) is 7. The molecule has 7 heteroatoms. The molecule has 0 bridgehead atoms. The molecule has 108 valence electrons. The third-order valence-corrected chi connectivity index (χ3v) is 2.85. The number of carbonyl (C=O) groups excluding carboxylic acids is 1. The highest BCUT2D eigenvalue weighted by Crippen LogP contribution is 2.40. The molecule has 7 nitrogen and oxygen atoms in total. The van der Waals surface area contributed by atoms with Crippen LogP contribution in [-0.4, -0.2) is 26.3 Å². The summed E-state index contributed by atoms with van der Waals surface area (Å²) in [6, 6.07) is 7.13. The molecule has 2 rings (SSSR count). The van der Waals surface area contributed by atoms with E-state index in [0.29, 0.717) is 5.75 Å². The largest absolute Gasteiger partial charge is 0.497 e. The van der Waals surface area contributed by atoms with E-state index >= 15 is 0 Å². The van der Waals surface area contributed by atoms with Gasteiger partial charge in [-0.1, -0.05) is 17.2 Å². The summed E-state index contributed by atoms with van der Waals surface area (Å²) in [6.45, 7) is 2.94. The zero-order valence-electron chi connectivity index (χ0n) is 11.7. The molecule has 0 saturated heterocycles. The lowest BCUT2D eigenvalue weighted by molar-refractivity contribution is -0.362. The van der Waals surface area contributed by atoms with Gasteiger partial charge in [0.1, 0.15) is 5.75 Å². The summed E-state index contributed by atoms with van der Waals surface area (Å²) in [5.41, 5.74) is -0.370. The van der Waals surface area contributed by atoms with Crippen LogP contribution in [-0.2, 0) is 24.7 Å². The molecular formula is C13H16N2O5. The van der Waals surface area contributed by atoms with Crippen LogP contribution >= 0.6 is 0 Å². The molecule has 0 N–H and O–H groups in total. The van der Waals surface area contributed by atoms with E-state index in [1.54, 1.807) is 38.3 Å². The van der Waals surface area contributed by atoms with Crippen LogP contribution in [0.15, 0.2) is 34.5 Å². The zero-order valence-corrected chi connectivity index (χ0v) is 11.7. The van der Waals surface area contributed by atoms with E-state index in [2.05, 4.69) is 10.2 Å². The smallest absolute Gasteiger partial charge is 0.464 e. The van der Waals surface area contributed by atoms with Gasteiger partial charge in [0.15, 0.2) is 0 Å². The molecule has 1 aromatic carbocycles. The average molecular weight is 280 g/mol. The molecule has 0 fully saturated rings. The van der Waals surface area contributed by atoms with Crippen LogP contribution < -0.4 is 4.74 Å². The topological polar surface area (TPSA) is 78.7 Å². The molecule has 2 unspecified atom stereocenters. The van der Waals surface area contributed by atoms with Gasteiger partial charge >= 0.3 is 12.1 Å². The lowest BCUT2D eigenvalue weighted by atomic mass is 10.1. The summed E-state index contributed by atoms with van der Waals surface area (Å²) in [6.07, 6.45) is -1.83. The molecule has 1 aliphatic rings. The summed E-state index contributed by atoms with van der Waals surface area (Å²) < 4.78 is 20.7. The van der Waals surface area contributed by atoms with E-state index in [4.69, 9.17) is 18.9 Å². The monoisotopic (exact) mass is 280 g/mol. The fourth-order valence-electron chi connectivity index (χ4n) is 1.81. The highest BCUT2D eigenvalue weighted by molar-refractivity contribution is 5.66. The van der Waals surface area contributed by atoms with Gasteiger partial charge in [-0.05, 0) is 19.1 Å². The van der Waals surface area contributed by atoms with E-state index < -0.39 is 17.8 Å². The van der Waals surface area contributed by atoms with E-state index in [-0.39, 0.29) is 0 Å².